The van der Waals surface area contributed by atoms with Gasteiger partial charge in [-0.05, 0) is 32.4 Å². The highest BCUT2D eigenvalue weighted by atomic mass is 16.5. The van der Waals surface area contributed by atoms with E-state index in [0.29, 0.717) is 19.4 Å². The van der Waals surface area contributed by atoms with Gasteiger partial charge in [-0.2, -0.15) is 0 Å². The first-order valence-corrected chi connectivity index (χ1v) is 13.7. The van der Waals surface area contributed by atoms with Crippen LogP contribution in [0.15, 0.2) is 12.5 Å². The van der Waals surface area contributed by atoms with E-state index in [1.54, 1.807) is 12.5 Å². The van der Waals surface area contributed by atoms with Gasteiger partial charge in [-0.3, -0.25) is 4.79 Å². The van der Waals surface area contributed by atoms with Crippen LogP contribution in [-0.2, 0) is 16.0 Å². The van der Waals surface area contributed by atoms with Gasteiger partial charge in [0.25, 0.3) is 0 Å². The fourth-order valence-electron chi connectivity index (χ4n) is 4.14. The van der Waals surface area contributed by atoms with Gasteiger partial charge in [0.15, 0.2) is 0 Å². The predicted molar refractivity (Wildman–Crippen MR) is 139 cm³/mol. The van der Waals surface area contributed by atoms with Gasteiger partial charge in [0.2, 0.25) is 0 Å². The maximum Gasteiger partial charge on any atom is 0.150 e. The Morgan fingerprint density at radius 2 is 1.52 bits per heavy atom. The summed E-state index contributed by atoms with van der Waals surface area (Å²) < 4.78 is 5.87. The summed E-state index contributed by atoms with van der Waals surface area (Å²) in [6.07, 6.45) is 21.2. The largest absolute Gasteiger partial charge is 0.380 e. The number of H-pyrrole nitrogens is 1. The third kappa shape index (κ3) is 16.9. The maximum absolute atomic E-state index is 12.2. The van der Waals surface area contributed by atoms with Crippen molar-refractivity contribution in [2.24, 2.45) is 5.73 Å². The summed E-state index contributed by atoms with van der Waals surface area (Å²) >= 11 is 0. The second kappa shape index (κ2) is 21.3. The Bertz CT molecular complexity index is 534. The lowest BCUT2D eigenvalue weighted by Crippen LogP contribution is -2.33. The van der Waals surface area contributed by atoms with Crippen LogP contribution in [-0.4, -0.2) is 59.5 Å². The van der Waals surface area contributed by atoms with Gasteiger partial charge in [-0.25, -0.2) is 4.98 Å². The molecule has 0 radical (unpaired) electrons. The van der Waals surface area contributed by atoms with Gasteiger partial charge in [-0.1, -0.05) is 78.1 Å². The zero-order chi connectivity index (χ0) is 24.0. The molecule has 0 amide bonds. The lowest BCUT2D eigenvalue weighted by Gasteiger charge is -2.22. The summed E-state index contributed by atoms with van der Waals surface area (Å²) in [6.45, 7) is 9.29. The third-order valence-corrected chi connectivity index (χ3v) is 6.33. The molecule has 1 aromatic rings. The lowest BCUT2D eigenvalue weighted by atomic mass is 10.0. The number of unbranched alkanes of at least 4 members (excludes halogenated alkanes) is 10. The number of nitrogens with zero attached hydrogens (tertiary/aromatic N) is 2. The van der Waals surface area contributed by atoms with E-state index in [4.69, 9.17) is 10.5 Å². The molecule has 0 aliphatic carbocycles. The van der Waals surface area contributed by atoms with Crippen molar-refractivity contribution in [2.75, 3.05) is 32.8 Å². The molecule has 33 heavy (non-hydrogen) atoms. The lowest BCUT2D eigenvalue weighted by molar-refractivity contribution is -0.120. The number of aromatic amines is 1. The first-order valence-electron chi connectivity index (χ1n) is 13.7. The normalized spacial score (nSPS) is 12.5. The van der Waals surface area contributed by atoms with E-state index >= 15 is 0 Å². The Labute approximate surface area is 203 Å². The Morgan fingerprint density at radius 1 is 0.909 bits per heavy atom. The highest BCUT2D eigenvalue weighted by Gasteiger charge is 2.14. The smallest absolute Gasteiger partial charge is 0.150 e. The molecular weight excluding hydrogens is 412 g/mol. The van der Waals surface area contributed by atoms with Gasteiger partial charge in [0.05, 0.1) is 19.0 Å². The minimum Gasteiger partial charge on any atom is -0.380 e. The molecule has 0 fully saturated rings. The number of nitrogens with two attached hydrogens (primary N) is 1. The van der Waals surface area contributed by atoms with E-state index in [-0.39, 0.29) is 5.78 Å². The van der Waals surface area contributed by atoms with Gasteiger partial charge in [-0.15, -0.1) is 0 Å². The molecule has 3 N–H and O–H groups in total. The van der Waals surface area contributed by atoms with E-state index in [0.717, 1.165) is 25.3 Å². The number of Topliss-reactive ketones (excluding diaryl/α,β-unsaturated/α-hetero) is 1. The highest BCUT2D eigenvalue weighted by Crippen LogP contribution is 2.09. The first-order chi connectivity index (χ1) is 16.2. The molecule has 1 unspecified atom stereocenters. The van der Waals surface area contributed by atoms with Crippen molar-refractivity contribution in [3.63, 3.8) is 0 Å². The summed E-state index contributed by atoms with van der Waals surface area (Å²) in [7, 11) is 0. The monoisotopic (exact) mass is 464 g/mol. The van der Waals surface area contributed by atoms with Crippen molar-refractivity contribution in [1.82, 2.24) is 14.9 Å². The molecule has 0 saturated heterocycles. The number of carbonyl (C=O) groups is 1. The second-order valence-electron chi connectivity index (χ2n) is 9.45. The molecule has 192 valence electrons. The summed E-state index contributed by atoms with van der Waals surface area (Å²) in [5, 5.41) is 0. The van der Waals surface area contributed by atoms with Crippen molar-refractivity contribution in [1.29, 1.82) is 0 Å². The minimum atomic E-state index is -0.462. The van der Waals surface area contributed by atoms with Crippen molar-refractivity contribution in [3.8, 4) is 0 Å². The number of aromatic nitrogens is 2. The first kappa shape index (κ1) is 29.8. The fourth-order valence-corrected chi connectivity index (χ4v) is 4.14. The molecule has 1 atom stereocenters. The Morgan fingerprint density at radius 3 is 2.09 bits per heavy atom. The maximum atomic E-state index is 12.2. The number of nitrogens with one attached hydrogen (secondary N) is 1. The SMILES string of the molecule is CCCCCCCCN(CCCCCCCC)CCOCCCC(=O)C(N)Cc1cnc[nH]1. The third-order valence-electron chi connectivity index (χ3n) is 6.33. The Kier molecular flexibility index (Phi) is 19.2. The fraction of sp³-hybridized carbons (Fsp3) is 0.852. The number of ketones is 1. The van der Waals surface area contributed by atoms with Crippen LogP contribution in [0, 0.1) is 0 Å². The summed E-state index contributed by atoms with van der Waals surface area (Å²) in [5.74, 6) is 0.0981. The number of hydrogen-bond donors (Lipinski definition) is 2. The molecule has 0 saturated carbocycles. The predicted octanol–water partition coefficient (Wildman–Crippen LogP) is 5.67. The van der Waals surface area contributed by atoms with E-state index in [1.807, 2.05) is 0 Å². The van der Waals surface area contributed by atoms with Crippen molar-refractivity contribution in [3.05, 3.63) is 18.2 Å². The molecule has 6 heteroatoms. The zero-order valence-corrected chi connectivity index (χ0v) is 21.7. The highest BCUT2D eigenvalue weighted by molar-refractivity contribution is 5.83. The number of hydrogen-bond acceptors (Lipinski definition) is 5. The quantitative estimate of drug-likeness (QED) is 0.193. The number of rotatable bonds is 24. The van der Waals surface area contributed by atoms with Crippen molar-refractivity contribution in [2.45, 2.75) is 116 Å². The molecule has 6 nitrogen and oxygen atoms in total. The Balaban J connectivity index is 2.15. The van der Waals surface area contributed by atoms with Crippen LogP contribution >= 0.6 is 0 Å². The molecule has 0 aliphatic rings. The molecule has 0 spiro atoms. The van der Waals surface area contributed by atoms with Crippen LogP contribution in [0.1, 0.15) is 109 Å². The van der Waals surface area contributed by atoms with E-state index in [1.165, 1.54) is 90.1 Å². The zero-order valence-electron chi connectivity index (χ0n) is 21.7. The van der Waals surface area contributed by atoms with Crippen LogP contribution in [0.2, 0.25) is 0 Å². The molecule has 1 aromatic heterocycles. The Hall–Kier alpha value is -1.24. The van der Waals surface area contributed by atoms with Crippen LogP contribution in [0.25, 0.3) is 0 Å². The van der Waals surface area contributed by atoms with Gasteiger partial charge in [0.1, 0.15) is 5.78 Å². The van der Waals surface area contributed by atoms with Crippen molar-refractivity contribution < 1.29 is 9.53 Å². The molecule has 1 rings (SSSR count). The average molecular weight is 465 g/mol. The average Bonchev–Trinajstić information content (AvgIpc) is 3.32. The summed E-state index contributed by atoms with van der Waals surface area (Å²) in [5.41, 5.74) is 6.92. The number of ether oxygens (including phenoxy) is 1. The topological polar surface area (TPSA) is 84.2 Å². The standard InChI is InChI=1S/C27H52N4O2/c1-3-5-7-9-11-13-17-31(18-14-12-10-8-6-4-2)19-21-33-20-15-16-27(32)26(28)22-25-23-29-24-30-25/h23-24,26H,3-22,28H2,1-2H3,(H,29,30). The molecule has 0 aliphatic heterocycles. The van der Waals surface area contributed by atoms with Crippen LogP contribution in [0.4, 0.5) is 0 Å². The molecule has 1 heterocycles. The van der Waals surface area contributed by atoms with Gasteiger partial charge in [0, 0.05) is 37.9 Å². The van der Waals surface area contributed by atoms with E-state index in [2.05, 4.69) is 28.7 Å². The molecule has 0 aromatic carbocycles. The van der Waals surface area contributed by atoms with Crippen molar-refractivity contribution >= 4 is 5.78 Å². The summed E-state index contributed by atoms with van der Waals surface area (Å²) in [4.78, 5) is 21.8. The molecule has 0 bridgehead atoms. The van der Waals surface area contributed by atoms with E-state index < -0.39 is 6.04 Å². The minimum absolute atomic E-state index is 0.0981. The summed E-state index contributed by atoms with van der Waals surface area (Å²) in [6, 6.07) is -0.462. The number of imidazole rings is 1. The van der Waals surface area contributed by atoms with Crippen LogP contribution in [0.3, 0.4) is 0 Å². The van der Waals surface area contributed by atoms with Gasteiger partial charge >= 0.3 is 0 Å². The number of carbonyl (C=O) groups excluding carboxylic acids is 1. The van der Waals surface area contributed by atoms with Crippen LogP contribution < -0.4 is 5.73 Å². The van der Waals surface area contributed by atoms with Gasteiger partial charge < -0.3 is 20.4 Å². The van der Waals surface area contributed by atoms with E-state index in [9.17, 15) is 4.79 Å². The molecular formula is C27H52N4O2. The second-order valence-corrected chi connectivity index (χ2v) is 9.45. The van der Waals surface area contributed by atoms with Crippen LogP contribution in [0.5, 0.6) is 0 Å².